The molecule has 9 aromatic rings. The van der Waals surface area contributed by atoms with Crippen molar-refractivity contribution in [2.75, 3.05) is 0 Å². The average Bonchev–Trinajstić information content (AvgIpc) is 3.40. The summed E-state index contributed by atoms with van der Waals surface area (Å²) < 4.78 is 270. The van der Waals surface area contributed by atoms with Crippen molar-refractivity contribution in [3.8, 4) is 44.5 Å². The fraction of sp³-hybridized carbons (Fsp3) is 0. The Morgan fingerprint density at radius 3 is 1.33 bits per heavy atom. The molecule has 0 heterocycles. The Hall–Kier alpha value is -5.98. The van der Waals surface area contributed by atoms with Crippen LogP contribution < -0.4 is 0 Å². The Morgan fingerprint density at radius 2 is 0.674 bits per heavy atom. The van der Waals surface area contributed by atoms with Crippen LogP contribution in [0.4, 0.5) is 0 Å². The summed E-state index contributed by atoms with van der Waals surface area (Å²) in [6, 6.07) is -30.0. The maximum atomic E-state index is 10.1. The van der Waals surface area contributed by atoms with Crippen molar-refractivity contribution in [3.05, 3.63) is 181 Å². The lowest BCUT2D eigenvalue weighted by molar-refractivity contribution is 1.62. The average molecular weight is 613 g/mol. The molecule has 0 bridgehead atoms. The van der Waals surface area contributed by atoms with E-state index in [1.54, 1.807) is 0 Å². The first-order valence-electron chi connectivity index (χ1n) is 28.5. The zero-order valence-electron chi connectivity index (χ0n) is 53.0. The maximum Gasteiger partial charge on any atom is 0.0636 e. The molecule has 0 unspecified atom stereocenters. The molecule has 0 aromatic heterocycles. The highest BCUT2D eigenvalue weighted by Gasteiger charge is 2.18. The molecule has 0 radical (unpaired) electrons. The maximum absolute atomic E-state index is 10.1. The van der Waals surface area contributed by atoms with E-state index in [2.05, 4.69) is 0 Å². The van der Waals surface area contributed by atoms with Crippen molar-refractivity contribution < 1.29 is 41.1 Å². The minimum absolute atomic E-state index is 0.598. The molecule has 0 N–H and O–H groups in total. The molecule has 0 saturated heterocycles. The first kappa shape index (κ1) is 10.0. The van der Waals surface area contributed by atoms with E-state index < -0.39 is 269 Å². The summed E-state index contributed by atoms with van der Waals surface area (Å²) in [6.45, 7) is 0. The molecular weight excluding hydrogens is 553 g/mol. The van der Waals surface area contributed by atoms with Gasteiger partial charge >= 0.3 is 0 Å². The van der Waals surface area contributed by atoms with Crippen LogP contribution in [0.25, 0.3) is 87.6 Å². The van der Waals surface area contributed by atoms with Gasteiger partial charge in [-0.1, -0.05) is 157 Å². The van der Waals surface area contributed by atoms with Gasteiger partial charge < -0.3 is 0 Å². The summed E-state index contributed by atoms with van der Waals surface area (Å²) in [6.07, 6.45) is 0. The molecule has 214 valence electrons. The molecule has 0 aliphatic carbocycles. The number of rotatable bonds is 4. The number of hydrogen-bond acceptors (Lipinski definition) is 0. The summed E-state index contributed by atoms with van der Waals surface area (Å²) in [4.78, 5) is 0. The third kappa shape index (κ3) is 4.47. The van der Waals surface area contributed by atoms with Crippen molar-refractivity contribution in [3.63, 3.8) is 0 Å². The van der Waals surface area contributed by atoms with E-state index in [0.717, 1.165) is 0 Å². The molecule has 0 saturated carbocycles. The van der Waals surface area contributed by atoms with Crippen LogP contribution >= 0.6 is 0 Å². The molecule has 0 atom stereocenters. The quantitative estimate of drug-likeness (QED) is 0.173. The zero-order chi connectivity index (χ0) is 56.6. The minimum atomic E-state index is -1.17. The lowest BCUT2D eigenvalue weighted by Crippen LogP contribution is -1.92. The topological polar surface area (TPSA) is 0 Å². The second-order valence-electron chi connectivity index (χ2n) is 9.75. The summed E-state index contributed by atoms with van der Waals surface area (Å²) in [5.74, 6) is 0. The van der Waals surface area contributed by atoms with E-state index in [-0.39, 0.29) is 0 Å². The van der Waals surface area contributed by atoms with E-state index >= 15 is 0 Å². The molecule has 0 aliphatic rings. The molecule has 0 nitrogen and oxygen atoms in total. The van der Waals surface area contributed by atoms with Gasteiger partial charge in [0.1, 0.15) is 0 Å². The van der Waals surface area contributed by atoms with Crippen LogP contribution in [0.3, 0.4) is 0 Å². The number of fused-ring (bicyclic) bond motifs is 4. The molecule has 0 amide bonds. The highest BCUT2D eigenvalue weighted by molar-refractivity contribution is 6.22. The van der Waals surface area contributed by atoms with Crippen LogP contribution in [0.1, 0.15) is 41.1 Å². The summed E-state index contributed by atoms with van der Waals surface area (Å²) in [5.41, 5.74) is -7.17. The van der Waals surface area contributed by atoms with Crippen molar-refractivity contribution in [2.24, 2.45) is 0 Å². The van der Waals surface area contributed by atoms with Crippen molar-refractivity contribution in [1.29, 1.82) is 0 Å². The first-order valence-corrected chi connectivity index (χ1v) is 13.5. The predicted molar refractivity (Wildman–Crippen MR) is 198 cm³/mol. The summed E-state index contributed by atoms with van der Waals surface area (Å²) in [7, 11) is 0. The van der Waals surface area contributed by atoms with Gasteiger partial charge in [-0.15, -0.1) is 0 Å². The van der Waals surface area contributed by atoms with Gasteiger partial charge in [0.05, 0.1) is 41.1 Å². The van der Waals surface area contributed by atoms with Crippen molar-refractivity contribution in [1.82, 2.24) is 0 Å². The second-order valence-corrected chi connectivity index (χ2v) is 9.75. The van der Waals surface area contributed by atoms with Gasteiger partial charge in [0.2, 0.25) is 0 Å². The molecule has 0 heteroatoms. The third-order valence-electron chi connectivity index (χ3n) is 7.12. The highest BCUT2D eigenvalue weighted by atomic mass is 14.2. The fourth-order valence-electron chi connectivity index (χ4n) is 5.12. The van der Waals surface area contributed by atoms with Crippen molar-refractivity contribution >= 4 is 43.1 Å². The summed E-state index contributed by atoms with van der Waals surface area (Å²) in [5, 5.41) is -5.98. The molecule has 9 rings (SSSR count). The van der Waals surface area contributed by atoms with E-state index in [1.807, 2.05) is 0 Å². The smallest absolute Gasteiger partial charge is 0.0622 e. The Labute approximate surface area is 311 Å². The Bertz CT molecular complexity index is 4250. The van der Waals surface area contributed by atoms with E-state index in [0.29, 0.717) is 0 Å². The Kier molecular flexibility index (Phi) is 2.37. The van der Waals surface area contributed by atoms with Crippen LogP contribution in [-0.4, -0.2) is 0 Å². The second kappa shape index (κ2) is 10.9. The van der Waals surface area contributed by atoms with Gasteiger partial charge in [-0.25, -0.2) is 0 Å². The van der Waals surface area contributed by atoms with Gasteiger partial charge in [0.25, 0.3) is 0 Å². The number of benzene rings is 9. The molecular formula is C46H30. The highest BCUT2D eigenvalue weighted by Crippen LogP contribution is 2.45. The van der Waals surface area contributed by atoms with E-state index in [9.17, 15) is 12.3 Å². The van der Waals surface area contributed by atoms with Crippen molar-refractivity contribution in [2.45, 2.75) is 0 Å². The minimum Gasteiger partial charge on any atom is -0.0622 e. The van der Waals surface area contributed by atoms with Gasteiger partial charge in [-0.3, -0.25) is 0 Å². The monoisotopic (exact) mass is 612 g/mol. The molecule has 0 aliphatic heterocycles. The zero-order valence-corrected chi connectivity index (χ0v) is 23.0. The van der Waals surface area contributed by atoms with Gasteiger partial charge in [-0.2, -0.15) is 0 Å². The SMILES string of the molecule is [2H]c1c([2H])c([2H])c(-c2c3c([2H])c([2H])c([2H])c([2H])c3c(-c3c([2H])c([2H])c([2H])c(-c4c([2H])c([2H])c5c([2H])c([2H])c([2H])c([2H])c5c4[2H])c3[2H])c3c([2H])c([2H])c(-c4c([2H])c([2H])c5c([2H])c([2H])c([2H])c([2H])c5c4[2H])c([2H])c23)c([2H])c1[2H]. The van der Waals surface area contributed by atoms with Gasteiger partial charge in [0, 0.05) is 0 Å². The standard InChI is InChI=1S/C46H30/c1-2-13-33(14-3-1)45-41-19-8-9-20-42(41)46(40-18-10-17-36(29-40)37-23-21-31-11-4-6-15-34(31)27-37)43-26-25-39(30-44(43)45)38-24-22-32-12-5-7-16-35(32)28-38/h1-30H/i1D,2D,3D,4D,5D,6D,7D,8D,9D,10D,11D,12D,13D,14D,15D,16D,17D,18D,19D,20D,21D,22D,23D,24D,25D,26D,27D,28D,29D,30D. The number of hydrogen-bond donors (Lipinski definition) is 0. The van der Waals surface area contributed by atoms with E-state index in [4.69, 9.17) is 28.8 Å². The largest absolute Gasteiger partial charge is 0.0636 e. The lowest BCUT2D eigenvalue weighted by Gasteiger charge is -2.19. The lowest BCUT2D eigenvalue weighted by atomic mass is 9.84. The Balaban J connectivity index is 1.64. The van der Waals surface area contributed by atoms with Gasteiger partial charge in [-0.05, 0) is 112 Å². The fourth-order valence-corrected chi connectivity index (χ4v) is 5.12. The third-order valence-corrected chi connectivity index (χ3v) is 7.12. The predicted octanol–water partition coefficient (Wildman–Crippen LogP) is 13.0. The van der Waals surface area contributed by atoms with E-state index in [1.165, 1.54) is 0 Å². The normalized spacial score (nSPS) is 20.6. The molecule has 46 heavy (non-hydrogen) atoms. The Morgan fingerprint density at radius 1 is 0.239 bits per heavy atom. The van der Waals surface area contributed by atoms with Crippen LogP contribution in [-0.2, 0) is 0 Å². The van der Waals surface area contributed by atoms with Crippen LogP contribution in [0.2, 0.25) is 0 Å². The van der Waals surface area contributed by atoms with Crippen LogP contribution in [0.5, 0.6) is 0 Å². The van der Waals surface area contributed by atoms with Crippen LogP contribution in [0, 0.1) is 0 Å². The van der Waals surface area contributed by atoms with Crippen LogP contribution in [0.15, 0.2) is 181 Å². The molecule has 0 fully saturated rings. The first-order chi connectivity index (χ1) is 35.3. The molecule has 0 spiro atoms. The van der Waals surface area contributed by atoms with Gasteiger partial charge in [0.15, 0.2) is 0 Å². The summed E-state index contributed by atoms with van der Waals surface area (Å²) >= 11 is 0. The molecule has 9 aromatic carbocycles.